The maximum atomic E-state index is 9.84. The predicted molar refractivity (Wildman–Crippen MR) is 58.7 cm³/mol. The number of nitrogens with zero attached hydrogens (tertiary/aromatic N) is 1. The summed E-state index contributed by atoms with van der Waals surface area (Å²) >= 11 is 0. The molecule has 0 saturated carbocycles. The minimum atomic E-state index is -8.55. The van der Waals surface area contributed by atoms with Crippen LogP contribution in [0.4, 0.5) is 21.0 Å². The second-order valence-electron chi connectivity index (χ2n) is 3.61. The van der Waals surface area contributed by atoms with Crippen LogP contribution in [0.2, 0.25) is 0 Å². The number of halogens is 6. The summed E-state index contributed by atoms with van der Waals surface area (Å²) in [5.41, 5.74) is 1.34. The van der Waals surface area contributed by atoms with Crippen LogP contribution in [0.1, 0.15) is 25.3 Å². The summed E-state index contributed by atoms with van der Waals surface area (Å²) in [6.45, 7) is 5.50. The molecule has 0 N–H and O–H groups in total. The SMILES string of the molecule is CCCC[n+]1cccc(C)c1.FP(F)(F)(F)F.[F-]. The molecular formula is C10H16F6NP. The fourth-order valence-electron chi connectivity index (χ4n) is 1.13. The van der Waals surface area contributed by atoms with Crippen molar-refractivity contribution in [3.8, 4) is 0 Å². The summed E-state index contributed by atoms with van der Waals surface area (Å²) in [5.74, 6) is 0. The maximum absolute atomic E-state index is 9.84. The van der Waals surface area contributed by atoms with Crippen LogP contribution >= 0.6 is 8.16 Å². The van der Waals surface area contributed by atoms with Crippen molar-refractivity contribution in [2.75, 3.05) is 0 Å². The summed E-state index contributed by atoms with van der Waals surface area (Å²) in [6, 6.07) is 4.23. The van der Waals surface area contributed by atoms with Gasteiger partial charge in [-0.3, -0.25) is 0 Å². The van der Waals surface area contributed by atoms with Gasteiger partial charge < -0.3 is 4.70 Å². The van der Waals surface area contributed by atoms with Gasteiger partial charge in [0.1, 0.15) is 6.54 Å². The van der Waals surface area contributed by atoms with E-state index in [-0.39, 0.29) is 4.70 Å². The Morgan fingerprint density at radius 3 is 2.06 bits per heavy atom. The van der Waals surface area contributed by atoms with Crippen molar-refractivity contribution in [1.29, 1.82) is 0 Å². The number of aromatic nitrogens is 1. The second kappa shape index (κ2) is 7.56. The topological polar surface area (TPSA) is 3.88 Å². The van der Waals surface area contributed by atoms with E-state index in [1.165, 1.54) is 18.4 Å². The van der Waals surface area contributed by atoms with Crippen molar-refractivity contribution in [3.05, 3.63) is 30.1 Å². The molecule has 0 spiro atoms. The van der Waals surface area contributed by atoms with Gasteiger partial charge >= 0.3 is 29.1 Å². The number of pyridine rings is 1. The first kappa shape index (κ1) is 19.5. The van der Waals surface area contributed by atoms with Gasteiger partial charge in [-0.25, -0.2) is 4.57 Å². The third-order valence-corrected chi connectivity index (χ3v) is 1.78. The average Bonchev–Trinajstić information content (AvgIpc) is 2.11. The molecule has 0 fully saturated rings. The van der Waals surface area contributed by atoms with Crippen LogP contribution in [0.15, 0.2) is 24.5 Å². The van der Waals surface area contributed by atoms with Gasteiger partial charge in [0.2, 0.25) is 0 Å². The Labute approximate surface area is 103 Å². The van der Waals surface area contributed by atoms with Crippen molar-refractivity contribution in [3.63, 3.8) is 0 Å². The molecule has 8 heteroatoms. The van der Waals surface area contributed by atoms with Crippen molar-refractivity contribution >= 4 is 8.16 Å². The van der Waals surface area contributed by atoms with E-state index in [0.29, 0.717) is 0 Å². The number of hydrogen-bond donors (Lipinski definition) is 0. The van der Waals surface area contributed by atoms with Gasteiger partial charge in [0.15, 0.2) is 12.4 Å². The molecule has 0 radical (unpaired) electrons. The van der Waals surface area contributed by atoms with Gasteiger partial charge in [0.25, 0.3) is 0 Å². The smallest absolute Gasteiger partial charge is 1.00 e. The summed E-state index contributed by atoms with van der Waals surface area (Å²) < 4.78 is 51.4. The van der Waals surface area contributed by atoms with Crippen molar-refractivity contribution in [2.45, 2.75) is 33.2 Å². The zero-order valence-electron chi connectivity index (χ0n) is 10.1. The first-order valence-electron chi connectivity index (χ1n) is 5.13. The molecule has 18 heavy (non-hydrogen) atoms. The van der Waals surface area contributed by atoms with E-state index in [0.717, 1.165) is 6.54 Å². The van der Waals surface area contributed by atoms with Gasteiger partial charge in [0.05, 0.1) is 0 Å². The fraction of sp³-hybridized carbons (Fsp3) is 0.500. The molecule has 0 aliphatic rings. The molecule has 0 atom stereocenters. The fourth-order valence-corrected chi connectivity index (χ4v) is 1.13. The minimum Gasteiger partial charge on any atom is -1.00 e. The summed E-state index contributed by atoms with van der Waals surface area (Å²) in [5, 5.41) is 0. The normalized spacial score (nSPS) is 12.5. The van der Waals surface area contributed by atoms with Crippen LogP contribution in [-0.4, -0.2) is 0 Å². The average molecular weight is 295 g/mol. The van der Waals surface area contributed by atoms with Crippen LogP contribution in [0.25, 0.3) is 0 Å². The molecule has 1 aromatic heterocycles. The first-order chi connectivity index (χ1) is 7.56. The minimum absolute atomic E-state index is 0. The predicted octanol–water partition coefficient (Wildman–Crippen LogP) is 2.05. The Hall–Kier alpha value is -0.840. The van der Waals surface area contributed by atoms with Gasteiger partial charge in [-0.05, 0) is 13.0 Å². The van der Waals surface area contributed by atoms with Gasteiger partial charge in [-0.1, -0.05) is 13.3 Å². The number of hydrogen-bond acceptors (Lipinski definition) is 0. The number of unbranched alkanes of at least 4 members (excludes halogenated alkanes) is 1. The van der Waals surface area contributed by atoms with Gasteiger partial charge in [-0.15, -0.1) is 0 Å². The van der Waals surface area contributed by atoms with Crippen LogP contribution in [0.3, 0.4) is 0 Å². The van der Waals surface area contributed by atoms with Crippen LogP contribution < -0.4 is 9.27 Å². The Morgan fingerprint density at radius 1 is 1.17 bits per heavy atom. The van der Waals surface area contributed by atoms with E-state index in [1.807, 2.05) is 0 Å². The summed E-state index contributed by atoms with van der Waals surface area (Å²) in [7, 11) is -8.55. The van der Waals surface area contributed by atoms with E-state index < -0.39 is 8.16 Å². The Bertz CT molecular complexity index is 333. The molecule has 1 aromatic rings. The zero-order valence-corrected chi connectivity index (χ0v) is 11.0. The van der Waals surface area contributed by atoms with Crippen LogP contribution in [-0.2, 0) is 6.54 Å². The molecular weight excluding hydrogens is 279 g/mol. The third kappa shape index (κ3) is 17.6. The molecule has 1 heterocycles. The number of aryl methyl sites for hydroxylation is 2. The largest absolute Gasteiger partial charge is 1.00 e. The van der Waals surface area contributed by atoms with E-state index in [4.69, 9.17) is 0 Å². The summed E-state index contributed by atoms with van der Waals surface area (Å²) in [4.78, 5) is 0. The molecule has 0 bridgehead atoms. The van der Waals surface area contributed by atoms with E-state index in [2.05, 4.69) is 42.9 Å². The molecule has 0 saturated heterocycles. The molecule has 1 rings (SSSR count). The molecule has 0 aromatic carbocycles. The Kier molecular flexibility index (Phi) is 8.19. The van der Waals surface area contributed by atoms with Crippen molar-refractivity contribution < 1.29 is 30.3 Å². The van der Waals surface area contributed by atoms with E-state index in [9.17, 15) is 21.0 Å². The van der Waals surface area contributed by atoms with E-state index >= 15 is 0 Å². The third-order valence-electron chi connectivity index (χ3n) is 1.78. The van der Waals surface area contributed by atoms with E-state index in [1.54, 1.807) is 0 Å². The van der Waals surface area contributed by atoms with Crippen molar-refractivity contribution in [1.82, 2.24) is 0 Å². The van der Waals surface area contributed by atoms with Crippen LogP contribution in [0.5, 0.6) is 0 Å². The Balaban J connectivity index is 0. The van der Waals surface area contributed by atoms with Crippen molar-refractivity contribution in [2.24, 2.45) is 0 Å². The quantitative estimate of drug-likeness (QED) is 0.456. The first-order valence-corrected chi connectivity index (χ1v) is 6.82. The molecule has 0 amide bonds. The second-order valence-corrected chi connectivity index (χ2v) is 4.89. The monoisotopic (exact) mass is 295 g/mol. The van der Waals surface area contributed by atoms with Crippen LogP contribution in [0, 0.1) is 6.92 Å². The zero-order chi connectivity index (χ0) is 13.6. The molecule has 0 aliphatic carbocycles. The summed E-state index contributed by atoms with van der Waals surface area (Å²) in [6.07, 6.45) is 6.85. The molecule has 1 nitrogen and oxygen atoms in total. The molecule has 0 unspecified atom stereocenters. The van der Waals surface area contributed by atoms with Gasteiger partial charge in [0, 0.05) is 18.1 Å². The molecule has 0 aliphatic heterocycles. The van der Waals surface area contributed by atoms with Gasteiger partial charge in [-0.2, -0.15) is 0 Å². The Morgan fingerprint density at radius 2 is 1.67 bits per heavy atom. The number of rotatable bonds is 3. The maximum Gasteiger partial charge on any atom is -1.00 e. The molecule has 108 valence electrons. The standard InChI is InChI=1S/C10H16N.F5P.FH/c1-3-4-7-11-8-5-6-10(2)9-11;1-6(2,3,4)5;/h5-6,8-9H,3-4,7H2,1-2H3;;1H/q+1;;/p-1.